The summed E-state index contributed by atoms with van der Waals surface area (Å²) in [6, 6.07) is 19.3. The first-order valence-corrected chi connectivity index (χ1v) is 12.5. The molecule has 3 aromatic carbocycles. The van der Waals surface area contributed by atoms with Crippen molar-refractivity contribution in [3.05, 3.63) is 94.0 Å². The number of anilines is 2. The third kappa shape index (κ3) is 3.03. The molecule has 0 aliphatic carbocycles. The number of rotatable bonds is 3. The van der Waals surface area contributed by atoms with Gasteiger partial charge in [-0.3, -0.25) is 14.5 Å². The second kappa shape index (κ2) is 7.43. The molecule has 1 saturated heterocycles. The van der Waals surface area contributed by atoms with E-state index < -0.39 is 32.3 Å². The van der Waals surface area contributed by atoms with Crippen LogP contribution in [0.1, 0.15) is 22.3 Å². The molecule has 1 fully saturated rings. The molecule has 33 heavy (non-hydrogen) atoms. The monoisotopic (exact) mass is 480 g/mol. The molecule has 0 aromatic heterocycles. The highest BCUT2D eigenvalue weighted by Crippen LogP contribution is 2.53. The summed E-state index contributed by atoms with van der Waals surface area (Å²) in [6.07, 6.45) is 0. The summed E-state index contributed by atoms with van der Waals surface area (Å²) in [6.45, 7) is 3.96. The number of hydrogen-bond donors (Lipinski definition) is 0. The van der Waals surface area contributed by atoms with E-state index in [0.29, 0.717) is 10.7 Å². The number of halogens is 1. The van der Waals surface area contributed by atoms with Crippen LogP contribution in [0.15, 0.2) is 66.7 Å². The minimum Gasteiger partial charge on any atom is -0.304 e. The predicted molar refractivity (Wildman–Crippen MR) is 128 cm³/mol. The van der Waals surface area contributed by atoms with Gasteiger partial charge in [0.2, 0.25) is 5.91 Å². The molecule has 2 heterocycles. The van der Waals surface area contributed by atoms with Gasteiger partial charge in [0.05, 0.1) is 12.2 Å². The first-order chi connectivity index (χ1) is 15.7. The topological polar surface area (TPSA) is 74.8 Å². The van der Waals surface area contributed by atoms with Crippen molar-refractivity contribution in [3.8, 4) is 0 Å². The van der Waals surface area contributed by atoms with Crippen molar-refractivity contribution in [3.63, 3.8) is 0 Å². The molecule has 3 aromatic rings. The first kappa shape index (κ1) is 21.7. The van der Waals surface area contributed by atoms with Gasteiger partial charge in [0, 0.05) is 16.3 Å². The van der Waals surface area contributed by atoms with Gasteiger partial charge in [-0.2, -0.15) is 0 Å². The maximum Gasteiger partial charge on any atom is 0.274 e. The Balaban J connectivity index is 1.73. The predicted octanol–water partition coefficient (Wildman–Crippen LogP) is 4.12. The average molecular weight is 481 g/mol. The van der Waals surface area contributed by atoms with Crippen LogP contribution in [0.25, 0.3) is 0 Å². The maximum atomic E-state index is 14.1. The number of nitrogens with zero attached hydrogens (tertiary/aromatic N) is 2. The summed E-state index contributed by atoms with van der Waals surface area (Å²) in [7, 11) is -4.21. The Morgan fingerprint density at radius 3 is 2.36 bits per heavy atom. The molecule has 0 N–H and O–H groups in total. The Kier molecular flexibility index (Phi) is 4.88. The molecular formula is C25H21ClN2O4S. The molecule has 6 nitrogen and oxygen atoms in total. The van der Waals surface area contributed by atoms with Crippen LogP contribution in [0.3, 0.4) is 0 Å². The lowest BCUT2D eigenvalue weighted by Gasteiger charge is -2.32. The Morgan fingerprint density at radius 2 is 1.67 bits per heavy atom. The van der Waals surface area contributed by atoms with E-state index in [4.69, 9.17) is 11.6 Å². The Bertz CT molecular complexity index is 1420. The minimum atomic E-state index is -4.21. The van der Waals surface area contributed by atoms with Crippen LogP contribution in [0, 0.1) is 13.8 Å². The van der Waals surface area contributed by atoms with Gasteiger partial charge < -0.3 is 4.90 Å². The van der Waals surface area contributed by atoms with Crippen LogP contribution >= 0.6 is 11.6 Å². The van der Waals surface area contributed by atoms with Gasteiger partial charge in [0.1, 0.15) is 5.75 Å². The van der Waals surface area contributed by atoms with Crippen LogP contribution in [0.4, 0.5) is 11.4 Å². The lowest BCUT2D eigenvalue weighted by Crippen LogP contribution is -2.54. The largest absolute Gasteiger partial charge is 0.304 e. The number of sulfone groups is 1. The molecule has 5 rings (SSSR count). The van der Waals surface area contributed by atoms with E-state index in [2.05, 4.69) is 0 Å². The molecular weight excluding hydrogens is 460 g/mol. The summed E-state index contributed by atoms with van der Waals surface area (Å²) in [4.78, 5) is 27.6. The second-order valence-corrected chi connectivity index (χ2v) is 11.0. The second-order valence-electron chi connectivity index (χ2n) is 8.46. The van der Waals surface area contributed by atoms with Gasteiger partial charge in [-0.05, 0) is 43.2 Å². The van der Waals surface area contributed by atoms with Crippen molar-refractivity contribution in [2.24, 2.45) is 0 Å². The van der Waals surface area contributed by atoms with Crippen molar-refractivity contribution in [1.82, 2.24) is 0 Å². The molecule has 1 spiro atoms. The van der Waals surface area contributed by atoms with Gasteiger partial charge in [-0.25, -0.2) is 8.42 Å². The third-order valence-electron chi connectivity index (χ3n) is 6.30. The Morgan fingerprint density at radius 1 is 0.970 bits per heavy atom. The first-order valence-electron chi connectivity index (χ1n) is 10.5. The van der Waals surface area contributed by atoms with E-state index in [9.17, 15) is 18.0 Å². The van der Waals surface area contributed by atoms with Crippen LogP contribution in [-0.2, 0) is 30.8 Å². The van der Waals surface area contributed by atoms with Gasteiger partial charge >= 0.3 is 0 Å². The van der Waals surface area contributed by atoms with Crippen molar-refractivity contribution in [1.29, 1.82) is 0 Å². The fourth-order valence-corrected chi connectivity index (χ4v) is 6.85. The number of para-hydroxylation sites is 1. The van der Waals surface area contributed by atoms with Crippen molar-refractivity contribution in [2.45, 2.75) is 25.3 Å². The lowest BCUT2D eigenvalue weighted by atomic mass is 10.0. The van der Waals surface area contributed by atoms with Crippen molar-refractivity contribution in [2.75, 3.05) is 15.6 Å². The number of amides is 2. The molecule has 0 radical (unpaired) electrons. The molecule has 0 saturated carbocycles. The molecule has 2 amide bonds. The summed E-state index contributed by atoms with van der Waals surface area (Å²) in [5.74, 6) is -2.07. The van der Waals surface area contributed by atoms with E-state index >= 15 is 0 Å². The quantitative estimate of drug-likeness (QED) is 0.565. The average Bonchev–Trinajstić information content (AvgIpc) is 3.14. The fraction of sp³-hybridized carbons (Fsp3) is 0.200. The van der Waals surface area contributed by atoms with Crippen molar-refractivity contribution >= 4 is 44.6 Å². The van der Waals surface area contributed by atoms with E-state index in [1.54, 1.807) is 36.4 Å². The molecule has 168 valence electrons. The number of benzene rings is 3. The zero-order valence-corrected chi connectivity index (χ0v) is 19.7. The molecule has 1 atom stereocenters. The van der Waals surface area contributed by atoms with E-state index in [1.165, 1.54) is 11.0 Å². The van der Waals surface area contributed by atoms with Crippen LogP contribution in [0.2, 0.25) is 5.02 Å². The number of aryl methyl sites for hydroxylation is 2. The highest BCUT2D eigenvalue weighted by atomic mass is 35.5. The number of carbonyl (C=O) groups excluding carboxylic acids is 2. The minimum absolute atomic E-state index is 0.185. The number of carbonyl (C=O) groups is 2. The van der Waals surface area contributed by atoms with Gasteiger partial charge in [0.25, 0.3) is 10.8 Å². The summed E-state index contributed by atoms with van der Waals surface area (Å²) in [5.41, 5.74) is 3.75. The Labute approximate surface area is 197 Å². The zero-order valence-electron chi connectivity index (χ0n) is 18.1. The summed E-state index contributed by atoms with van der Waals surface area (Å²) < 4.78 is 27.2. The Hall–Kier alpha value is -3.16. The smallest absolute Gasteiger partial charge is 0.274 e. The fourth-order valence-electron chi connectivity index (χ4n) is 4.65. The molecule has 8 heteroatoms. The molecule has 0 unspecified atom stereocenters. The normalized spacial score (nSPS) is 21.2. The SMILES string of the molecule is Cc1ccc(CN2C(=O)[C@@]3(c4ccccc42)N(c2ccc(C)c(Cl)c2)C(=O)CS3(=O)=O)cc1. The van der Waals surface area contributed by atoms with Gasteiger partial charge in [-0.1, -0.05) is 65.7 Å². The zero-order chi connectivity index (χ0) is 23.5. The lowest BCUT2D eigenvalue weighted by molar-refractivity contribution is -0.123. The third-order valence-corrected chi connectivity index (χ3v) is 8.81. The molecule has 0 bridgehead atoms. The van der Waals surface area contributed by atoms with Crippen LogP contribution in [-0.4, -0.2) is 26.0 Å². The van der Waals surface area contributed by atoms with Gasteiger partial charge in [-0.15, -0.1) is 0 Å². The van der Waals surface area contributed by atoms with E-state index in [0.717, 1.165) is 21.6 Å². The summed E-state index contributed by atoms with van der Waals surface area (Å²) in [5, 5.41) is 0.384. The standard InChI is InChI=1S/C25H21ClN2O4S/c1-16-7-10-18(11-8-16)14-27-22-6-4-3-5-20(22)25(24(27)30)28(23(29)15-33(25,31)32)19-12-9-17(2)21(26)13-19/h3-13H,14-15H2,1-2H3/t25-/m0/s1. The number of hydrogen-bond acceptors (Lipinski definition) is 4. The van der Waals surface area contributed by atoms with Crippen LogP contribution in [0.5, 0.6) is 0 Å². The maximum absolute atomic E-state index is 14.1. The highest BCUT2D eigenvalue weighted by Gasteiger charge is 2.69. The molecule has 2 aliphatic rings. The van der Waals surface area contributed by atoms with Gasteiger partial charge in [0.15, 0.2) is 9.84 Å². The number of fused-ring (bicyclic) bond motifs is 2. The summed E-state index contributed by atoms with van der Waals surface area (Å²) >= 11 is 6.31. The molecule has 2 aliphatic heterocycles. The van der Waals surface area contributed by atoms with E-state index in [-0.39, 0.29) is 17.8 Å². The van der Waals surface area contributed by atoms with Crippen LogP contribution < -0.4 is 9.80 Å². The van der Waals surface area contributed by atoms with Crippen molar-refractivity contribution < 1.29 is 18.0 Å². The van der Waals surface area contributed by atoms with E-state index in [1.807, 2.05) is 38.1 Å². The highest BCUT2D eigenvalue weighted by molar-refractivity contribution is 7.94.